The van der Waals surface area contributed by atoms with E-state index in [9.17, 15) is 27.3 Å². The molecule has 1 saturated heterocycles. The summed E-state index contributed by atoms with van der Waals surface area (Å²) in [6.07, 6.45) is 4.51. The standard InChI is InChI=1S/C21H21F2N3O3S2/c22-17-6-5-14(11-18(17)23)31(28,29)26-9-7-13(8-10-26)20(27)25-21-16(12-24)15-3-1-2-4-19(15)30-21/h5-6,11,13H,1-4,7-10H2,(H,25,27). The number of anilines is 1. The van der Waals surface area contributed by atoms with Gasteiger partial charge in [0.1, 0.15) is 11.1 Å². The van der Waals surface area contributed by atoms with Gasteiger partial charge in [-0.2, -0.15) is 9.57 Å². The average Bonchev–Trinajstić information content (AvgIpc) is 3.12. The Balaban J connectivity index is 1.42. The Morgan fingerprint density at radius 2 is 1.87 bits per heavy atom. The summed E-state index contributed by atoms with van der Waals surface area (Å²) in [5, 5.41) is 13.0. The van der Waals surface area contributed by atoms with Crippen LogP contribution in [0, 0.1) is 28.9 Å². The fraction of sp³-hybridized carbons (Fsp3) is 0.429. The maximum Gasteiger partial charge on any atom is 0.243 e. The van der Waals surface area contributed by atoms with E-state index in [1.54, 1.807) is 0 Å². The summed E-state index contributed by atoms with van der Waals surface area (Å²) in [7, 11) is -3.97. The number of rotatable bonds is 4. The molecule has 0 spiro atoms. The van der Waals surface area contributed by atoms with E-state index in [1.165, 1.54) is 15.6 Å². The van der Waals surface area contributed by atoms with Crippen molar-refractivity contribution in [3.05, 3.63) is 45.8 Å². The smallest absolute Gasteiger partial charge is 0.243 e. The Hall–Kier alpha value is -2.35. The number of carbonyl (C=O) groups is 1. The predicted molar refractivity (Wildman–Crippen MR) is 112 cm³/mol. The van der Waals surface area contributed by atoms with Gasteiger partial charge in [-0.1, -0.05) is 0 Å². The molecule has 2 heterocycles. The summed E-state index contributed by atoms with van der Waals surface area (Å²) in [4.78, 5) is 13.6. The summed E-state index contributed by atoms with van der Waals surface area (Å²) in [6, 6.07) is 4.71. The summed E-state index contributed by atoms with van der Waals surface area (Å²) in [5.74, 6) is -2.94. The first-order valence-corrected chi connectivity index (χ1v) is 12.4. The predicted octanol–water partition coefficient (Wildman–Crippen LogP) is 3.82. The highest BCUT2D eigenvalue weighted by molar-refractivity contribution is 7.89. The molecule has 2 aliphatic rings. The van der Waals surface area contributed by atoms with Gasteiger partial charge in [0.05, 0.1) is 10.5 Å². The second-order valence-electron chi connectivity index (χ2n) is 7.77. The van der Waals surface area contributed by atoms with Crippen LogP contribution in [0.1, 0.15) is 41.7 Å². The van der Waals surface area contributed by atoms with E-state index in [0.717, 1.165) is 48.3 Å². The number of hydrogen-bond donors (Lipinski definition) is 1. The number of aryl methyl sites for hydroxylation is 1. The molecule has 1 amide bonds. The topological polar surface area (TPSA) is 90.3 Å². The fourth-order valence-corrected chi connectivity index (χ4v) is 6.86. The Labute approximate surface area is 183 Å². The zero-order chi connectivity index (χ0) is 22.2. The molecule has 6 nitrogen and oxygen atoms in total. The molecule has 1 aromatic carbocycles. The summed E-state index contributed by atoms with van der Waals surface area (Å²) < 4.78 is 53.2. The van der Waals surface area contributed by atoms with Gasteiger partial charge in [0.25, 0.3) is 0 Å². The van der Waals surface area contributed by atoms with E-state index in [-0.39, 0.29) is 29.8 Å². The van der Waals surface area contributed by atoms with Gasteiger partial charge in [-0.15, -0.1) is 11.3 Å². The van der Waals surface area contributed by atoms with E-state index in [1.807, 2.05) is 0 Å². The number of piperidine rings is 1. The number of carbonyl (C=O) groups excluding carboxylic acids is 1. The molecule has 164 valence electrons. The second kappa shape index (κ2) is 8.65. The molecular weight excluding hydrogens is 444 g/mol. The molecular formula is C21H21F2N3O3S2. The third-order valence-corrected chi connectivity index (χ3v) is 8.98. The lowest BCUT2D eigenvalue weighted by Crippen LogP contribution is -2.41. The van der Waals surface area contributed by atoms with E-state index in [2.05, 4.69) is 11.4 Å². The van der Waals surface area contributed by atoms with Crippen molar-refractivity contribution in [2.24, 2.45) is 5.92 Å². The molecule has 0 atom stereocenters. The van der Waals surface area contributed by atoms with Gasteiger partial charge < -0.3 is 5.32 Å². The van der Waals surface area contributed by atoms with Crippen LogP contribution >= 0.6 is 11.3 Å². The van der Waals surface area contributed by atoms with E-state index < -0.39 is 21.7 Å². The molecule has 1 aliphatic heterocycles. The number of hydrogen-bond acceptors (Lipinski definition) is 5. The molecule has 0 radical (unpaired) electrons. The molecule has 0 saturated carbocycles. The number of thiophene rings is 1. The molecule has 2 aromatic rings. The lowest BCUT2D eigenvalue weighted by atomic mass is 9.95. The maximum absolute atomic E-state index is 13.5. The summed E-state index contributed by atoms with van der Waals surface area (Å²) >= 11 is 1.46. The number of benzene rings is 1. The highest BCUT2D eigenvalue weighted by Crippen LogP contribution is 2.38. The zero-order valence-electron chi connectivity index (χ0n) is 16.7. The largest absolute Gasteiger partial charge is 0.316 e. The zero-order valence-corrected chi connectivity index (χ0v) is 18.3. The fourth-order valence-electron chi connectivity index (χ4n) is 4.13. The Morgan fingerprint density at radius 1 is 1.16 bits per heavy atom. The lowest BCUT2D eigenvalue weighted by molar-refractivity contribution is -0.120. The van der Waals surface area contributed by atoms with E-state index in [4.69, 9.17) is 0 Å². The van der Waals surface area contributed by atoms with Crippen LogP contribution in [0.15, 0.2) is 23.1 Å². The summed E-state index contributed by atoms with van der Waals surface area (Å²) in [6.45, 7) is 0.205. The van der Waals surface area contributed by atoms with Crippen molar-refractivity contribution in [1.82, 2.24) is 4.31 Å². The Bertz CT molecular complexity index is 1160. The first-order chi connectivity index (χ1) is 14.8. The minimum atomic E-state index is -3.97. The quantitative estimate of drug-likeness (QED) is 0.743. The molecule has 1 fully saturated rings. The first-order valence-electron chi connectivity index (χ1n) is 10.1. The average molecular weight is 466 g/mol. The highest BCUT2D eigenvalue weighted by Gasteiger charge is 2.33. The molecule has 31 heavy (non-hydrogen) atoms. The minimum absolute atomic E-state index is 0.103. The van der Waals surface area contributed by atoms with Crippen LogP contribution in [0.5, 0.6) is 0 Å². The van der Waals surface area contributed by atoms with Crippen LogP contribution in [0.2, 0.25) is 0 Å². The third-order valence-electron chi connectivity index (χ3n) is 5.87. The van der Waals surface area contributed by atoms with Gasteiger partial charge >= 0.3 is 0 Å². The van der Waals surface area contributed by atoms with Crippen molar-refractivity contribution in [3.63, 3.8) is 0 Å². The highest BCUT2D eigenvalue weighted by atomic mass is 32.2. The first kappa shape index (κ1) is 21.9. The van der Waals surface area contributed by atoms with Crippen molar-refractivity contribution in [3.8, 4) is 6.07 Å². The van der Waals surface area contributed by atoms with E-state index >= 15 is 0 Å². The minimum Gasteiger partial charge on any atom is -0.316 e. The lowest BCUT2D eigenvalue weighted by Gasteiger charge is -2.30. The van der Waals surface area contributed by atoms with Gasteiger partial charge in [-0.25, -0.2) is 17.2 Å². The number of halogens is 2. The van der Waals surface area contributed by atoms with Crippen LogP contribution < -0.4 is 5.32 Å². The number of fused-ring (bicyclic) bond motifs is 1. The van der Waals surface area contributed by atoms with Crippen LogP contribution in [0.4, 0.5) is 13.8 Å². The second-order valence-corrected chi connectivity index (χ2v) is 10.8. The monoisotopic (exact) mass is 465 g/mol. The maximum atomic E-state index is 13.5. The number of sulfonamides is 1. The van der Waals surface area contributed by atoms with Crippen LogP contribution in [-0.2, 0) is 27.7 Å². The summed E-state index contributed by atoms with van der Waals surface area (Å²) in [5.41, 5.74) is 1.59. The molecule has 4 rings (SSSR count). The third kappa shape index (κ3) is 4.22. The van der Waals surface area contributed by atoms with Gasteiger partial charge in [-0.05, 0) is 62.3 Å². The Morgan fingerprint density at radius 3 is 2.55 bits per heavy atom. The van der Waals surface area contributed by atoms with Crippen molar-refractivity contribution in [2.45, 2.75) is 43.4 Å². The molecule has 1 aliphatic carbocycles. The van der Waals surface area contributed by atoms with Gasteiger partial charge in [0.15, 0.2) is 11.6 Å². The van der Waals surface area contributed by atoms with Crippen LogP contribution in [0.25, 0.3) is 0 Å². The number of nitrogens with one attached hydrogen (secondary N) is 1. The molecule has 0 unspecified atom stereocenters. The van der Waals surface area contributed by atoms with Gasteiger partial charge in [-0.3, -0.25) is 4.79 Å². The van der Waals surface area contributed by atoms with Crippen molar-refractivity contribution < 1.29 is 22.0 Å². The normalized spacial score (nSPS) is 17.7. The van der Waals surface area contributed by atoms with Crippen LogP contribution in [0.3, 0.4) is 0 Å². The van der Waals surface area contributed by atoms with Gasteiger partial charge in [0, 0.05) is 23.9 Å². The molecule has 10 heteroatoms. The van der Waals surface area contributed by atoms with Crippen LogP contribution in [-0.4, -0.2) is 31.7 Å². The van der Waals surface area contributed by atoms with Gasteiger partial charge in [0.2, 0.25) is 15.9 Å². The molecule has 1 aromatic heterocycles. The number of nitrogens with zero attached hydrogens (tertiary/aromatic N) is 2. The molecule has 0 bridgehead atoms. The number of nitriles is 1. The number of amides is 1. The van der Waals surface area contributed by atoms with Crippen molar-refractivity contribution in [1.29, 1.82) is 5.26 Å². The SMILES string of the molecule is N#Cc1c(NC(=O)C2CCN(S(=O)(=O)c3ccc(F)c(F)c3)CC2)sc2c1CCCC2. The Kier molecular flexibility index (Phi) is 6.10. The molecule has 1 N–H and O–H groups in total. The van der Waals surface area contributed by atoms with Crippen molar-refractivity contribution in [2.75, 3.05) is 18.4 Å². The van der Waals surface area contributed by atoms with E-state index in [0.29, 0.717) is 29.5 Å². The van der Waals surface area contributed by atoms with Crippen molar-refractivity contribution >= 4 is 32.3 Å².